The Morgan fingerprint density at radius 3 is 2.72 bits per heavy atom. The molecule has 2 rings (SSSR count). The van der Waals surface area contributed by atoms with E-state index in [-0.39, 0.29) is 0 Å². The summed E-state index contributed by atoms with van der Waals surface area (Å²) in [4.78, 5) is 13.0. The molecule has 0 saturated carbocycles. The summed E-state index contributed by atoms with van der Waals surface area (Å²) in [6.07, 6.45) is -3.23. The van der Waals surface area contributed by atoms with Crippen molar-refractivity contribution in [3.63, 3.8) is 0 Å². The van der Waals surface area contributed by atoms with Crippen LogP contribution in [-0.2, 0) is 17.9 Å². The van der Waals surface area contributed by atoms with Crippen LogP contribution in [0.5, 0.6) is 6.01 Å². The summed E-state index contributed by atoms with van der Waals surface area (Å²) < 4.78 is 38.9. The van der Waals surface area contributed by atoms with Crippen LogP contribution in [0.1, 0.15) is 5.69 Å². The minimum atomic E-state index is -5.08. The van der Waals surface area contributed by atoms with Crippen LogP contribution < -0.4 is 10.1 Å². The third-order valence-electron chi connectivity index (χ3n) is 2.14. The van der Waals surface area contributed by atoms with Crippen molar-refractivity contribution in [3.05, 3.63) is 11.9 Å². The van der Waals surface area contributed by atoms with E-state index >= 15 is 0 Å². The summed E-state index contributed by atoms with van der Waals surface area (Å²) in [7, 11) is 1.65. The molecular weight excluding hydrogens is 255 g/mol. The molecule has 0 fully saturated rings. The Morgan fingerprint density at radius 1 is 1.61 bits per heavy atom. The third-order valence-corrected chi connectivity index (χ3v) is 2.14. The van der Waals surface area contributed by atoms with Gasteiger partial charge in [0.2, 0.25) is 0 Å². The maximum Gasteiger partial charge on any atom is 0.490 e. The van der Waals surface area contributed by atoms with E-state index in [1.807, 2.05) is 6.20 Å². The highest BCUT2D eigenvalue weighted by Gasteiger charge is 2.38. The molecule has 0 unspecified atom stereocenters. The SMILES string of the molecule is COc1ncc2n1CCNC2.O=C(O)C(F)(F)F. The summed E-state index contributed by atoms with van der Waals surface area (Å²) >= 11 is 0. The number of rotatable bonds is 1. The van der Waals surface area contributed by atoms with Crippen molar-refractivity contribution in [2.24, 2.45) is 0 Å². The van der Waals surface area contributed by atoms with Crippen LogP contribution in [0.25, 0.3) is 0 Å². The van der Waals surface area contributed by atoms with Crippen molar-refractivity contribution < 1.29 is 27.8 Å². The van der Waals surface area contributed by atoms with Gasteiger partial charge in [-0.05, 0) is 0 Å². The average molecular weight is 267 g/mol. The number of fused-ring (bicyclic) bond motifs is 1. The third kappa shape index (κ3) is 3.62. The number of nitrogens with zero attached hydrogens (tertiary/aromatic N) is 2. The number of ether oxygens (including phenoxy) is 1. The molecule has 0 aromatic carbocycles. The van der Waals surface area contributed by atoms with Crippen molar-refractivity contribution in [2.75, 3.05) is 13.7 Å². The second kappa shape index (κ2) is 5.71. The van der Waals surface area contributed by atoms with Gasteiger partial charge in [-0.2, -0.15) is 13.2 Å². The molecule has 6 nitrogen and oxygen atoms in total. The first-order valence-electron chi connectivity index (χ1n) is 4.95. The van der Waals surface area contributed by atoms with Gasteiger partial charge in [-0.1, -0.05) is 0 Å². The second-order valence-electron chi connectivity index (χ2n) is 3.37. The summed E-state index contributed by atoms with van der Waals surface area (Å²) in [6.45, 7) is 2.86. The first-order chi connectivity index (χ1) is 8.36. The normalized spacial score (nSPS) is 14.2. The summed E-state index contributed by atoms with van der Waals surface area (Å²) in [5.74, 6) is -2.76. The fraction of sp³-hybridized carbons (Fsp3) is 0.556. The molecule has 1 aromatic heterocycles. The number of carboxylic acid groups (broad SMARTS) is 1. The average Bonchev–Trinajstić information content (AvgIpc) is 2.71. The molecule has 0 amide bonds. The van der Waals surface area contributed by atoms with Crippen molar-refractivity contribution >= 4 is 5.97 Å². The number of methoxy groups -OCH3 is 1. The predicted octanol–water partition coefficient (Wildman–Crippen LogP) is 0.628. The minimum absolute atomic E-state index is 0.724. The number of aromatic nitrogens is 2. The Balaban J connectivity index is 0.000000203. The van der Waals surface area contributed by atoms with E-state index in [9.17, 15) is 13.2 Å². The maximum atomic E-state index is 10.6. The molecule has 18 heavy (non-hydrogen) atoms. The molecule has 0 saturated heterocycles. The molecule has 1 aromatic rings. The lowest BCUT2D eigenvalue weighted by atomic mass is 10.4. The van der Waals surface area contributed by atoms with Gasteiger partial charge in [0, 0.05) is 19.6 Å². The Labute approximate surface area is 100 Å². The fourth-order valence-electron chi connectivity index (χ4n) is 1.34. The van der Waals surface area contributed by atoms with Gasteiger partial charge >= 0.3 is 12.1 Å². The van der Waals surface area contributed by atoms with E-state index in [1.54, 1.807) is 7.11 Å². The van der Waals surface area contributed by atoms with Crippen LogP contribution in [0, 0.1) is 0 Å². The fourth-order valence-corrected chi connectivity index (χ4v) is 1.34. The molecule has 0 aliphatic carbocycles. The number of alkyl halides is 3. The van der Waals surface area contributed by atoms with Crippen molar-refractivity contribution in [2.45, 2.75) is 19.3 Å². The van der Waals surface area contributed by atoms with Gasteiger partial charge in [0.05, 0.1) is 19.0 Å². The number of nitrogens with one attached hydrogen (secondary N) is 1. The van der Waals surface area contributed by atoms with E-state index in [4.69, 9.17) is 14.6 Å². The lowest BCUT2D eigenvalue weighted by Crippen LogP contribution is -2.27. The number of aliphatic carboxylic acids is 1. The number of hydrogen-bond donors (Lipinski definition) is 2. The molecule has 0 bridgehead atoms. The molecule has 0 radical (unpaired) electrons. The molecule has 0 atom stereocenters. The number of carboxylic acids is 1. The number of hydrogen-bond acceptors (Lipinski definition) is 4. The molecule has 0 spiro atoms. The first kappa shape index (κ1) is 14.3. The van der Waals surface area contributed by atoms with E-state index < -0.39 is 12.1 Å². The predicted molar refractivity (Wildman–Crippen MR) is 54.2 cm³/mol. The molecule has 2 N–H and O–H groups in total. The molecule has 1 aliphatic rings. The standard InChI is InChI=1S/C7H11N3O.C2HF3O2/c1-11-7-9-5-6-4-8-2-3-10(6)7;3-2(4,5)1(6)7/h5,8H,2-4H2,1H3;(H,6,7). The van der Waals surface area contributed by atoms with Gasteiger partial charge < -0.3 is 15.2 Å². The van der Waals surface area contributed by atoms with Crippen LogP contribution in [-0.4, -0.2) is 40.5 Å². The zero-order valence-corrected chi connectivity index (χ0v) is 9.49. The number of imidazole rings is 1. The summed E-state index contributed by atoms with van der Waals surface area (Å²) in [6, 6.07) is 0.724. The van der Waals surface area contributed by atoms with Crippen molar-refractivity contribution in [1.82, 2.24) is 14.9 Å². The molecular formula is C9H12F3N3O3. The smallest absolute Gasteiger partial charge is 0.475 e. The monoisotopic (exact) mass is 267 g/mol. The van der Waals surface area contributed by atoms with Crippen LogP contribution in [0.2, 0.25) is 0 Å². The van der Waals surface area contributed by atoms with Crippen LogP contribution in [0.15, 0.2) is 6.20 Å². The maximum absolute atomic E-state index is 10.6. The number of halogens is 3. The Hall–Kier alpha value is -1.77. The van der Waals surface area contributed by atoms with Gasteiger partial charge in [-0.3, -0.25) is 4.57 Å². The minimum Gasteiger partial charge on any atom is -0.475 e. The van der Waals surface area contributed by atoms with Crippen LogP contribution in [0.3, 0.4) is 0 Å². The summed E-state index contributed by atoms with van der Waals surface area (Å²) in [5, 5.41) is 10.4. The zero-order chi connectivity index (χ0) is 13.8. The lowest BCUT2D eigenvalue weighted by molar-refractivity contribution is -0.192. The van der Waals surface area contributed by atoms with Gasteiger partial charge in [0.25, 0.3) is 6.01 Å². The largest absolute Gasteiger partial charge is 0.490 e. The number of carbonyl (C=O) groups is 1. The van der Waals surface area contributed by atoms with Crippen molar-refractivity contribution in [1.29, 1.82) is 0 Å². The van der Waals surface area contributed by atoms with Gasteiger partial charge in [-0.25, -0.2) is 9.78 Å². The van der Waals surface area contributed by atoms with Gasteiger partial charge in [0.15, 0.2) is 0 Å². The van der Waals surface area contributed by atoms with E-state index in [1.165, 1.54) is 5.69 Å². The zero-order valence-electron chi connectivity index (χ0n) is 9.49. The van der Waals surface area contributed by atoms with Crippen LogP contribution >= 0.6 is 0 Å². The highest BCUT2D eigenvalue weighted by Crippen LogP contribution is 2.14. The van der Waals surface area contributed by atoms with E-state index in [2.05, 4.69) is 14.9 Å². The Kier molecular flexibility index (Phi) is 4.54. The van der Waals surface area contributed by atoms with Gasteiger partial charge in [-0.15, -0.1) is 0 Å². The Bertz CT molecular complexity index is 403. The van der Waals surface area contributed by atoms with E-state index in [0.717, 1.165) is 25.6 Å². The highest BCUT2D eigenvalue weighted by molar-refractivity contribution is 5.73. The quantitative estimate of drug-likeness (QED) is 0.780. The van der Waals surface area contributed by atoms with Crippen molar-refractivity contribution in [3.8, 4) is 6.01 Å². The van der Waals surface area contributed by atoms with E-state index in [0.29, 0.717) is 0 Å². The first-order valence-corrected chi connectivity index (χ1v) is 4.95. The molecule has 1 aliphatic heterocycles. The summed E-state index contributed by atoms with van der Waals surface area (Å²) in [5.41, 5.74) is 1.20. The van der Waals surface area contributed by atoms with Crippen LogP contribution in [0.4, 0.5) is 13.2 Å². The lowest BCUT2D eigenvalue weighted by Gasteiger charge is -2.16. The topological polar surface area (TPSA) is 76.4 Å². The second-order valence-corrected chi connectivity index (χ2v) is 3.37. The molecule has 9 heteroatoms. The Morgan fingerprint density at radius 2 is 2.22 bits per heavy atom. The molecule has 2 heterocycles. The van der Waals surface area contributed by atoms with Gasteiger partial charge in [0.1, 0.15) is 0 Å². The molecule has 102 valence electrons. The highest BCUT2D eigenvalue weighted by atomic mass is 19.4.